The molecule has 2 rings (SSSR count). The van der Waals surface area contributed by atoms with Gasteiger partial charge in [-0.2, -0.15) is 0 Å². The van der Waals surface area contributed by atoms with Crippen LogP contribution in [0.25, 0.3) is 0 Å². The molecule has 2 N–H and O–H groups in total. The maximum Gasteiger partial charge on any atom is 0.150 e. The Morgan fingerprint density at radius 2 is 1.81 bits per heavy atom. The third-order valence-electron chi connectivity index (χ3n) is 2.23. The van der Waals surface area contributed by atoms with Gasteiger partial charge in [0.05, 0.1) is 10.2 Å². The van der Waals surface area contributed by atoms with Crippen molar-refractivity contribution in [2.45, 2.75) is 6.92 Å². The van der Waals surface area contributed by atoms with Crippen LogP contribution in [0.4, 0.5) is 5.69 Å². The Kier molecular flexibility index (Phi) is 3.15. The standard InChI is InChI=1S/C13H12BrNO/c1-9-6-7-11(15)13(8-9)16-12-5-3-2-4-10(12)14/h2-8H,15H2,1H3. The number of hydrogen-bond acceptors (Lipinski definition) is 2. The van der Waals surface area contributed by atoms with Crippen molar-refractivity contribution in [1.29, 1.82) is 0 Å². The van der Waals surface area contributed by atoms with Gasteiger partial charge in [0, 0.05) is 0 Å². The van der Waals surface area contributed by atoms with Gasteiger partial charge in [-0.3, -0.25) is 0 Å². The SMILES string of the molecule is Cc1ccc(N)c(Oc2ccccc2Br)c1. The summed E-state index contributed by atoms with van der Waals surface area (Å²) < 4.78 is 6.66. The van der Waals surface area contributed by atoms with Crippen LogP contribution in [0, 0.1) is 6.92 Å². The molecule has 2 nitrogen and oxygen atoms in total. The Morgan fingerprint density at radius 1 is 1.06 bits per heavy atom. The molecule has 0 aliphatic heterocycles. The van der Waals surface area contributed by atoms with Crippen LogP contribution < -0.4 is 10.5 Å². The average Bonchev–Trinajstić information content (AvgIpc) is 2.27. The number of aryl methyl sites for hydroxylation is 1. The van der Waals surface area contributed by atoms with E-state index in [9.17, 15) is 0 Å². The predicted molar refractivity (Wildman–Crippen MR) is 69.8 cm³/mol. The molecular weight excluding hydrogens is 266 g/mol. The quantitative estimate of drug-likeness (QED) is 0.838. The van der Waals surface area contributed by atoms with E-state index in [1.54, 1.807) is 0 Å². The lowest BCUT2D eigenvalue weighted by molar-refractivity contribution is 0.481. The summed E-state index contributed by atoms with van der Waals surface area (Å²) in [7, 11) is 0. The van der Waals surface area contributed by atoms with E-state index in [-0.39, 0.29) is 0 Å². The minimum atomic E-state index is 0.640. The van der Waals surface area contributed by atoms with Gasteiger partial charge in [0.15, 0.2) is 5.75 Å². The van der Waals surface area contributed by atoms with Gasteiger partial charge in [0.2, 0.25) is 0 Å². The van der Waals surface area contributed by atoms with Crippen LogP contribution in [0.1, 0.15) is 5.56 Å². The number of anilines is 1. The molecule has 0 saturated carbocycles. The number of hydrogen-bond donors (Lipinski definition) is 1. The molecule has 0 saturated heterocycles. The molecule has 0 aliphatic carbocycles. The molecule has 0 atom stereocenters. The lowest BCUT2D eigenvalue weighted by Crippen LogP contribution is -1.92. The van der Waals surface area contributed by atoms with E-state index in [0.29, 0.717) is 11.4 Å². The highest BCUT2D eigenvalue weighted by Crippen LogP contribution is 2.32. The molecule has 0 amide bonds. The Morgan fingerprint density at radius 3 is 2.56 bits per heavy atom. The third kappa shape index (κ3) is 2.36. The molecular formula is C13H12BrNO. The molecule has 0 heterocycles. The van der Waals surface area contributed by atoms with E-state index in [1.807, 2.05) is 49.4 Å². The fourth-order valence-corrected chi connectivity index (χ4v) is 1.74. The maximum atomic E-state index is 5.85. The van der Waals surface area contributed by atoms with Crippen LogP contribution in [0.3, 0.4) is 0 Å². The van der Waals surface area contributed by atoms with Crippen molar-refractivity contribution >= 4 is 21.6 Å². The van der Waals surface area contributed by atoms with Gasteiger partial charge >= 0.3 is 0 Å². The average molecular weight is 278 g/mol. The third-order valence-corrected chi connectivity index (χ3v) is 2.88. The van der Waals surface area contributed by atoms with Crippen molar-refractivity contribution < 1.29 is 4.74 Å². The van der Waals surface area contributed by atoms with Crippen LogP contribution in [0.2, 0.25) is 0 Å². The van der Waals surface area contributed by atoms with Crippen LogP contribution in [0.15, 0.2) is 46.9 Å². The first kappa shape index (κ1) is 11.0. The maximum absolute atomic E-state index is 5.85. The molecule has 0 unspecified atom stereocenters. The first-order valence-electron chi connectivity index (χ1n) is 4.95. The van der Waals surface area contributed by atoms with Crippen molar-refractivity contribution in [2.24, 2.45) is 0 Å². The fraction of sp³-hybridized carbons (Fsp3) is 0.0769. The topological polar surface area (TPSA) is 35.2 Å². The van der Waals surface area contributed by atoms with Crippen molar-refractivity contribution in [3.63, 3.8) is 0 Å². The Hall–Kier alpha value is -1.48. The largest absolute Gasteiger partial charge is 0.454 e. The number of para-hydroxylation sites is 1. The zero-order valence-corrected chi connectivity index (χ0v) is 10.5. The summed E-state index contributed by atoms with van der Waals surface area (Å²) >= 11 is 3.43. The normalized spacial score (nSPS) is 10.1. The Balaban J connectivity index is 2.34. The van der Waals surface area contributed by atoms with Crippen LogP contribution in [0.5, 0.6) is 11.5 Å². The number of nitrogens with two attached hydrogens (primary N) is 1. The summed E-state index contributed by atoms with van der Waals surface area (Å²) in [6.07, 6.45) is 0. The molecule has 16 heavy (non-hydrogen) atoms. The van der Waals surface area contributed by atoms with Crippen molar-refractivity contribution in [2.75, 3.05) is 5.73 Å². The molecule has 3 heteroatoms. The zero-order valence-electron chi connectivity index (χ0n) is 8.91. The lowest BCUT2D eigenvalue weighted by atomic mass is 10.2. The van der Waals surface area contributed by atoms with E-state index in [1.165, 1.54) is 0 Å². The Labute approximate surface area is 103 Å². The summed E-state index contributed by atoms with van der Waals surface area (Å²) in [5.74, 6) is 1.45. The van der Waals surface area contributed by atoms with Crippen molar-refractivity contribution in [3.8, 4) is 11.5 Å². The molecule has 2 aromatic carbocycles. The van der Waals surface area contributed by atoms with Gasteiger partial charge in [-0.1, -0.05) is 18.2 Å². The van der Waals surface area contributed by atoms with Gasteiger partial charge in [0.25, 0.3) is 0 Å². The summed E-state index contributed by atoms with van der Waals surface area (Å²) in [5.41, 5.74) is 7.61. The molecule has 2 aromatic rings. The van der Waals surface area contributed by atoms with Gasteiger partial charge in [-0.25, -0.2) is 0 Å². The lowest BCUT2D eigenvalue weighted by Gasteiger charge is -2.10. The second kappa shape index (κ2) is 4.58. The number of benzene rings is 2. The first-order chi connectivity index (χ1) is 7.66. The fourth-order valence-electron chi connectivity index (χ4n) is 1.38. The zero-order chi connectivity index (χ0) is 11.5. The highest BCUT2D eigenvalue weighted by Gasteiger charge is 2.04. The summed E-state index contributed by atoms with van der Waals surface area (Å²) in [6.45, 7) is 2.01. The smallest absolute Gasteiger partial charge is 0.150 e. The van der Waals surface area contributed by atoms with Gasteiger partial charge in [-0.15, -0.1) is 0 Å². The molecule has 0 bridgehead atoms. The molecule has 0 aromatic heterocycles. The first-order valence-corrected chi connectivity index (χ1v) is 5.74. The van der Waals surface area contributed by atoms with Crippen molar-refractivity contribution in [1.82, 2.24) is 0 Å². The molecule has 0 fully saturated rings. The van der Waals surface area contributed by atoms with Crippen LogP contribution >= 0.6 is 15.9 Å². The number of nitrogen functional groups attached to an aromatic ring is 1. The minimum Gasteiger partial charge on any atom is -0.454 e. The van der Waals surface area contributed by atoms with E-state index in [2.05, 4.69) is 15.9 Å². The summed E-state index contributed by atoms with van der Waals surface area (Å²) in [4.78, 5) is 0. The van der Waals surface area contributed by atoms with E-state index in [4.69, 9.17) is 10.5 Å². The van der Waals surface area contributed by atoms with Gasteiger partial charge in [0.1, 0.15) is 5.75 Å². The highest BCUT2D eigenvalue weighted by atomic mass is 79.9. The van der Waals surface area contributed by atoms with Crippen LogP contribution in [-0.4, -0.2) is 0 Å². The monoisotopic (exact) mass is 277 g/mol. The molecule has 82 valence electrons. The summed E-state index contributed by atoms with van der Waals surface area (Å²) in [6, 6.07) is 13.4. The van der Waals surface area contributed by atoms with E-state index in [0.717, 1.165) is 15.8 Å². The van der Waals surface area contributed by atoms with E-state index >= 15 is 0 Å². The van der Waals surface area contributed by atoms with E-state index < -0.39 is 0 Å². The number of rotatable bonds is 2. The Bertz CT molecular complexity index is 511. The van der Waals surface area contributed by atoms with Crippen LogP contribution in [-0.2, 0) is 0 Å². The van der Waals surface area contributed by atoms with Gasteiger partial charge in [-0.05, 0) is 52.7 Å². The molecule has 0 radical (unpaired) electrons. The second-order valence-corrected chi connectivity index (χ2v) is 4.43. The number of halogens is 1. The van der Waals surface area contributed by atoms with Gasteiger partial charge < -0.3 is 10.5 Å². The minimum absolute atomic E-state index is 0.640. The second-order valence-electron chi connectivity index (χ2n) is 3.57. The number of ether oxygens (including phenoxy) is 1. The predicted octanol–water partition coefficient (Wildman–Crippen LogP) is 4.13. The highest BCUT2D eigenvalue weighted by molar-refractivity contribution is 9.10. The summed E-state index contributed by atoms with van der Waals surface area (Å²) in [5, 5.41) is 0. The van der Waals surface area contributed by atoms with Crippen molar-refractivity contribution in [3.05, 3.63) is 52.5 Å². The molecule has 0 spiro atoms. The molecule has 0 aliphatic rings.